The summed E-state index contributed by atoms with van der Waals surface area (Å²) in [7, 11) is 0. The molecule has 6 nitrogen and oxygen atoms in total. The van der Waals surface area contributed by atoms with E-state index in [1.54, 1.807) is 18.2 Å². The van der Waals surface area contributed by atoms with Gasteiger partial charge in [-0.3, -0.25) is 4.79 Å². The van der Waals surface area contributed by atoms with Crippen LogP contribution in [-0.4, -0.2) is 17.7 Å². The van der Waals surface area contributed by atoms with Gasteiger partial charge in [-0.15, -0.1) is 0 Å². The number of benzene rings is 3. The summed E-state index contributed by atoms with van der Waals surface area (Å²) in [5, 5.41) is 13.3. The van der Waals surface area contributed by atoms with Gasteiger partial charge in [0.1, 0.15) is 6.61 Å². The van der Waals surface area contributed by atoms with E-state index < -0.39 is 0 Å². The molecular weight excluding hydrogens is 609 g/mol. The van der Waals surface area contributed by atoms with Crippen molar-refractivity contribution in [1.29, 1.82) is 5.26 Å². The third kappa shape index (κ3) is 6.03. The molecular formula is C27H21ClIN3O3S. The van der Waals surface area contributed by atoms with Crippen molar-refractivity contribution in [2.45, 2.75) is 20.5 Å². The highest BCUT2D eigenvalue weighted by Crippen LogP contribution is 2.37. The number of aliphatic imine (C=N–C) groups is 1. The van der Waals surface area contributed by atoms with Crippen molar-refractivity contribution in [2.24, 2.45) is 4.99 Å². The molecule has 9 heteroatoms. The second-order valence-electron chi connectivity index (χ2n) is 7.69. The van der Waals surface area contributed by atoms with E-state index >= 15 is 0 Å². The summed E-state index contributed by atoms with van der Waals surface area (Å²) in [4.78, 5) is 17.7. The van der Waals surface area contributed by atoms with E-state index in [0.29, 0.717) is 44.5 Å². The second-order valence-corrected chi connectivity index (χ2v) is 10.3. The van der Waals surface area contributed by atoms with Crippen molar-refractivity contribution >= 4 is 68.8 Å². The number of rotatable bonds is 7. The van der Waals surface area contributed by atoms with Crippen LogP contribution in [0.1, 0.15) is 29.2 Å². The molecule has 36 heavy (non-hydrogen) atoms. The molecule has 3 aromatic rings. The number of amidine groups is 1. The third-order valence-electron chi connectivity index (χ3n) is 5.25. The van der Waals surface area contributed by atoms with Gasteiger partial charge in [-0.2, -0.15) is 5.26 Å². The third-order valence-corrected chi connectivity index (χ3v) is 7.37. The molecule has 0 spiro atoms. The molecule has 1 amide bonds. The zero-order valence-electron chi connectivity index (χ0n) is 19.5. The summed E-state index contributed by atoms with van der Waals surface area (Å²) in [6.45, 7) is 4.47. The van der Waals surface area contributed by atoms with Crippen molar-refractivity contribution in [3.8, 4) is 17.6 Å². The number of hydrogen-bond acceptors (Lipinski definition) is 6. The van der Waals surface area contributed by atoms with E-state index in [-0.39, 0.29) is 12.5 Å². The lowest BCUT2D eigenvalue weighted by Crippen LogP contribution is -2.19. The highest BCUT2D eigenvalue weighted by molar-refractivity contribution is 14.1. The second kappa shape index (κ2) is 11.8. The number of nitrogens with one attached hydrogen (secondary N) is 1. The van der Waals surface area contributed by atoms with Crippen molar-refractivity contribution in [2.75, 3.05) is 6.61 Å². The maximum absolute atomic E-state index is 12.6. The number of carbonyl (C=O) groups is 1. The number of nitrogens with zero attached hydrogens (tertiary/aromatic N) is 2. The van der Waals surface area contributed by atoms with E-state index in [2.05, 4.69) is 39.0 Å². The quantitative estimate of drug-likeness (QED) is 0.225. The van der Waals surface area contributed by atoms with Crippen LogP contribution >= 0.6 is 46.0 Å². The molecule has 0 saturated carbocycles. The van der Waals surface area contributed by atoms with E-state index in [1.807, 2.05) is 56.3 Å². The standard InChI is InChI=1S/C27H21ClIN3O3S/c1-3-34-23-12-17(11-21(29)25(23)35-15-19-8-5-4-7-18(19)14-30)13-24-26(33)32-27(36-24)31-22-10-6-9-20(28)16(22)2/h4-13H,3,15H2,1-2H3,(H,31,32,33)/b24-13+. The van der Waals surface area contributed by atoms with Crippen LogP contribution in [0.4, 0.5) is 5.69 Å². The number of thioether (sulfide) groups is 1. The van der Waals surface area contributed by atoms with E-state index in [4.69, 9.17) is 21.1 Å². The van der Waals surface area contributed by atoms with Crippen LogP contribution in [0.3, 0.4) is 0 Å². The zero-order valence-corrected chi connectivity index (χ0v) is 23.2. The molecule has 4 rings (SSSR count). The highest BCUT2D eigenvalue weighted by Gasteiger charge is 2.24. The van der Waals surface area contributed by atoms with Gasteiger partial charge < -0.3 is 14.8 Å². The summed E-state index contributed by atoms with van der Waals surface area (Å²) in [5.74, 6) is 0.937. The molecule has 1 N–H and O–H groups in total. The van der Waals surface area contributed by atoms with Gasteiger partial charge >= 0.3 is 0 Å². The first-order valence-corrected chi connectivity index (χ1v) is 13.3. The number of hydrogen-bond donors (Lipinski definition) is 1. The molecule has 1 aliphatic heterocycles. The molecule has 0 radical (unpaired) electrons. The number of amides is 1. The molecule has 1 fully saturated rings. The fourth-order valence-corrected chi connectivity index (χ4v) is 5.22. The number of carbonyl (C=O) groups excluding carboxylic acids is 1. The average molecular weight is 630 g/mol. The van der Waals surface area contributed by atoms with Gasteiger partial charge in [0.2, 0.25) is 0 Å². The van der Waals surface area contributed by atoms with Gasteiger partial charge in [0.15, 0.2) is 16.7 Å². The van der Waals surface area contributed by atoms with Crippen LogP contribution in [-0.2, 0) is 11.4 Å². The van der Waals surface area contributed by atoms with Crippen molar-refractivity contribution in [3.63, 3.8) is 0 Å². The smallest absolute Gasteiger partial charge is 0.264 e. The van der Waals surface area contributed by atoms with Gasteiger partial charge in [-0.25, -0.2) is 4.99 Å². The van der Waals surface area contributed by atoms with Gasteiger partial charge in [0, 0.05) is 10.6 Å². The molecule has 0 aromatic heterocycles. The molecule has 0 aliphatic carbocycles. The Hall–Kier alpha value is -3.00. The molecule has 0 atom stereocenters. The zero-order chi connectivity index (χ0) is 25.7. The minimum Gasteiger partial charge on any atom is -0.490 e. The van der Waals surface area contributed by atoms with Crippen LogP contribution in [0.15, 0.2) is 64.5 Å². The first-order valence-electron chi connectivity index (χ1n) is 11.0. The lowest BCUT2D eigenvalue weighted by atomic mass is 10.1. The maximum Gasteiger partial charge on any atom is 0.264 e. The summed E-state index contributed by atoms with van der Waals surface area (Å²) in [6, 6.07) is 18.8. The van der Waals surface area contributed by atoms with Crippen LogP contribution in [0, 0.1) is 21.8 Å². The lowest BCUT2D eigenvalue weighted by molar-refractivity contribution is -0.115. The molecule has 1 saturated heterocycles. The van der Waals surface area contributed by atoms with Crippen molar-refractivity contribution < 1.29 is 14.3 Å². The van der Waals surface area contributed by atoms with E-state index in [9.17, 15) is 10.1 Å². The minimum atomic E-state index is -0.222. The van der Waals surface area contributed by atoms with Crippen LogP contribution in [0.5, 0.6) is 11.5 Å². The highest BCUT2D eigenvalue weighted by atomic mass is 127. The first kappa shape index (κ1) is 26.1. The summed E-state index contributed by atoms with van der Waals surface area (Å²) in [5.41, 5.74) is 3.72. The Morgan fingerprint density at radius 1 is 1.19 bits per heavy atom. The van der Waals surface area contributed by atoms with Crippen molar-refractivity contribution in [3.05, 3.63) is 90.3 Å². The first-order chi connectivity index (χ1) is 17.4. The topological polar surface area (TPSA) is 83.7 Å². The molecule has 1 aliphatic rings. The van der Waals surface area contributed by atoms with Gasteiger partial charge in [0.05, 0.1) is 32.4 Å². The molecule has 3 aromatic carbocycles. The fourth-order valence-electron chi connectivity index (χ4n) is 3.44. The van der Waals surface area contributed by atoms with Crippen LogP contribution in [0.25, 0.3) is 6.08 Å². The Labute approximate surface area is 232 Å². The Balaban J connectivity index is 1.58. The molecule has 0 bridgehead atoms. The predicted octanol–water partition coefficient (Wildman–Crippen LogP) is 6.99. The van der Waals surface area contributed by atoms with E-state index in [0.717, 1.165) is 20.3 Å². The van der Waals surface area contributed by atoms with Crippen LogP contribution < -0.4 is 14.8 Å². The normalized spacial score (nSPS) is 15.1. The summed E-state index contributed by atoms with van der Waals surface area (Å²) < 4.78 is 12.8. The van der Waals surface area contributed by atoms with Gasteiger partial charge in [-0.1, -0.05) is 35.9 Å². The van der Waals surface area contributed by atoms with Gasteiger partial charge in [0.25, 0.3) is 5.91 Å². The Morgan fingerprint density at radius 3 is 2.78 bits per heavy atom. The summed E-state index contributed by atoms with van der Waals surface area (Å²) >= 11 is 9.65. The SMILES string of the molecule is CCOc1cc(/C=C2/SC(=Nc3cccc(Cl)c3C)NC2=O)cc(I)c1OCc1ccccc1C#N. The lowest BCUT2D eigenvalue weighted by Gasteiger charge is -2.15. The number of halogens is 2. The fraction of sp³-hybridized carbons (Fsp3) is 0.148. The Bertz CT molecular complexity index is 1430. The Morgan fingerprint density at radius 2 is 2.00 bits per heavy atom. The maximum atomic E-state index is 12.6. The molecule has 0 unspecified atom stereocenters. The number of nitriles is 1. The average Bonchev–Trinajstić information content (AvgIpc) is 3.20. The largest absolute Gasteiger partial charge is 0.490 e. The summed E-state index contributed by atoms with van der Waals surface area (Å²) in [6.07, 6.45) is 1.80. The van der Waals surface area contributed by atoms with Crippen molar-refractivity contribution in [1.82, 2.24) is 5.32 Å². The molecule has 182 valence electrons. The van der Waals surface area contributed by atoms with E-state index in [1.165, 1.54) is 11.8 Å². The number of ether oxygens (including phenoxy) is 2. The van der Waals surface area contributed by atoms with Gasteiger partial charge in [-0.05, 0) is 95.7 Å². The van der Waals surface area contributed by atoms with Crippen LogP contribution in [0.2, 0.25) is 5.02 Å². The molecule has 1 heterocycles. The Kier molecular flexibility index (Phi) is 8.56. The monoisotopic (exact) mass is 629 g/mol. The predicted molar refractivity (Wildman–Crippen MR) is 153 cm³/mol. The minimum absolute atomic E-state index is 0.222.